The van der Waals surface area contributed by atoms with Gasteiger partial charge in [-0.25, -0.2) is 4.79 Å². The second-order valence-electron chi connectivity index (χ2n) is 5.08. The maximum absolute atomic E-state index is 11.6. The van der Waals surface area contributed by atoms with Crippen LogP contribution in [0.5, 0.6) is 0 Å². The van der Waals surface area contributed by atoms with Crippen molar-refractivity contribution in [1.82, 2.24) is 0 Å². The molecule has 0 amide bonds. The van der Waals surface area contributed by atoms with Gasteiger partial charge in [-0.05, 0) is 31.5 Å². The Labute approximate surface area is 126 Å². The number of benzene rings is 1. The van der Waals surface area contributed by atoms with E-state index >= 15 is 0 Å². The minimum Gasteiger partial charge on any atom is -0.465 e. The lowest BCUT2D eigenvalue weighted by Crippen LogP contribution is -2.15. The molecule has 0 saturated carbocycles. The fourth-order valence-electron chi connectivity index (χ4n) is 2.12. The number of carbonyl (C=O) groups excluding carboxylic acids is 1. The number of anilines is 1. The van der Waals surface area contributed by atoms with E-state index in [1.165, 1.54) is 32.8 Å². The van der Waals surface area contributed by atoms with E-state index in [0.717, 1.165) is 12.1 Å². The summed E-state index contributed by atoms with van der Waals surface area (Å²) in [6.45, 7) is 4.36. The highest BCUT2D eigenvalue weighted by Crippen LogP contribution is 2.22. The Balaban J connectivity index is 2.57. The zero-order valence-electron chi connectivity index (χ0n) is 12.5. The van der Waals surface area contributed by atoms with Crippen LogP contribution >= 0.6 is 11.6 Å². The molecule has 0 saturated heterocycles. The van der Waals surface area contributed by atoms with Crippen LogP contribution in [0.1, 0.15) is 56.3 Å². The van der Waals surface area contributed by atoms with Crippen molar-refractivity contribution in [3.8, 4) is 0 Å². The summed E-state index contributed by atoms with van der Waals surface area (Å²) >= 11 is 6.00. The predicted octanol–water partition coefficient (Wildman–Crippen LogP) is 4.90. The number of hydrogen-bond acceptors (Lipinski definition) is 3. The Morgan fingerprint density at radius 1 is 1.35 bits per heavy atom. The lowest BCUT2D eigenvalue weighted by molar-refractivity contribution is 0.0601. The SMILES string of the molecule is CCCCCCC(C)Nc1ccc(Cl)c(C(=O)OC)c1. The fraction of sp³-hybridized carbons (Fsp3) is 0.562. The quantitative estimate of drug-likeness (QED) is 0.548. The standard InChI is InChI=1S/C16H24ClNO2/c1-4-5-6-7-8-12(2)18-13-9-10-15(17)14(11-13)16(19)20-3/h9-12,18H,4-8H2,1-3H3. The second kappa shape index (κ2) is 8.85. The van der Waals surface area contributed by atoms with Crippen molar-refractivity contribution >= 4 is 23.3 Å². The van der Waals surface area contributed by atoms with Crippen molar-refractivity contribution < 1.29 is 9.53 Å². The molecule has 0 aliphatic carbocycles. The van der Waals surface area contributed by atoms with E-state index in [0.29, 0.717) is 16.6 Å². The van der Waals surface area contributed by atoms with Gasteiger partial charge in [0.15, 0.2) is 0 Å². The molecule has 0 radical (unpaired) electrons. The molecule has 0 aliphatic rings. The summed E-state index contributed by atoms with van der Waals surface area (Å²) in [6.07, 6.45) is 6.16. The van der Waals surface area contributed by atoms with Gasteiger partial charge in [0, 0.05) is 11.7 Å². The zero-order valence-corrected chi connectivity index (χ0v) is 13.3. The van der Waals surface area contributed by atoms with Gasteiger partial charge in [-0.1, -0.05) is 44.2 Å². The van der Waals surface area contributed by atoms with E-state index < -0.39 is 5.97 Å². The highest BCUT2D eigenvalue weighted by Gasteiger charge is 2.12. The second-order valence-corrected chi connectivity index (χ2v) is 5.49. The third kappa shape index (κ3) is 5.41. The zero-order chi connectivity index (χ0) is 15.0. The Morgan fingerprint density at radius 2 is 2.10 bits per heavy atom. The third-order valence-electron chi connectivity index (χ3n) is 3.28. The average Bonchev–Trinajstić information content (AvgIpc) is 2.45. The molecule has 0 spiro atoms. The Hall–Kier alpha value is -1.22. The van der Waals surface area contributed by atoms with Crippen LogP contribution < -0.4 is 5.32 Å². The lowest BCUT2D eigenvalue weighted by Gasteiger charge is -2.16. The first-order valence-electron chi connectivity index (χ1n) is 7.22. The number of carbonyl (C=O) groups is 1. The third-order valence-corrected chi connectivity index (χ3v) is 3.61. The molecule has 4 heteroatoms. The van der Waals surface area contributed by atoms with Crippen LogP contribution in [0.25, 0.3) is 0 Å². The molecule has 1 rings (SSSR count). The molecular weight excluding hydrogens is 274 g/mol. The van der Waals surface area contributed by atoms with Crippen molar-refractivity contribution in [1.29, 1.82) is 0 Å². The number of esters is 1. The number of hydrogen-bond donors (Lipinski definition) is 1. The van der Waals surface area contributed by atoms with E-state index in [1.807, 2.05) is 6.07 Å². The summed E-state index contributed by atoms with van der Waals surface area (Å²) in [4.78, 5) is 11.6. The summed E-state index contributed by atoms with van der Waals surface area (Å²) < 4.78 is 4.72. The van der Waals surface area contributed by atoms with Gasteiger partial charge in [0.1, 0.15) is 0 Å². The Bertz CT molecular complexity index is 434. The van der Waals surface area contributed by atoms with Gasteiger partial charge < -0.3 is 10.1 Å². The molecule has 0 bridgehead atoms. The summed E-state index contributed by atoms with van der Waals surface area (Å²) in [7, 11) is 1.36. The minimum absolute atomic E-state index is 0.374. The Kier molecular flexibility index (Phi) is 7.45. The van der Waals surface area contributed by atoms with Crippen LogP contribution in [0, 0.1) is 0 Å². The molecule has 0 aromatic heterocycles. The fourth-order valence-corrected chi connectivity index (χ4v) is 2.31. The number of unbranched alkanes of at least 4 members (excludes halogenated alkanes) is 3. The topological polar surface area (TPSA) is 38.3 Å². The van der Waals surface area contributed by atoms with Crippen LogP contribution in [0.4, 0.5) is 5.69 Å². The first kappa shape index (κ1) is 16.8. The number of methoxy groups -OCH3 is 1. The van der Waals surface area contributed by atoms with Crippen LogP contribution in [0.3, 0.4) is 0 Å². The van der Waals surface area contributed by atoms with E-state index in [-0.39, 0.29) is 0 Å². The first-order valence-corrected chi connectivity index (χ1v) is 7.60. The molecule has 1 N–H and O–H groups in total. The monoisotopic (exact) mass is 297 g/mol. The van der Waals surface area contributed by atoms with Gasteiger partial charge in [0.25, 0.3) is 0 Å². The van der Waals surface area contributed by atoms with Crippen molar-refractivity contribution in [3.63, 3.8) is 0 Å². The smallest absolute Gasteiger partial charge is 0.339 e. The van der Waals surface area contributed by atoms with Crippen molar-refractivity contribution in [3.05, 3.63) is 28.8 Å². The molecule has 3 nitrogen and oxygen atoms in total. The predicted molar refractivity (Wildman–Crippen MR) is 84.6 cm³/mol. The maximum atomic E-state index is 11.6. The van der Waals surface area contributed by atoms with Gasteiger partial charge in [0.05, 0.1) is 17.7 Å². The summed E-state index contributed by atoms with van der Waals surface area (Å²) in [5.41, 5.74) is 1.30. The molecule has 0 fully saturated rings. The van der Waals surface area contributed by atoms with E-state index in [2.05, 4.69) is 19.2 Å². The van der Waals surface area contributed by atoms with E-state index in [9.17, 15) is 4.79 Å². The van der Waals surface area contributed by atoms with Gasteiger partial charge >= 0.3 is 5.97 Å². The summed E-state index contributed by atoms with van der Waals surface area (Å²) in [5.74, 6) is -0.408. The van der Waals surface area contributed by atoms with Crippen molar-refractivity contribution in [2.24, 2.45) is 0 Å². The highest BCUT2D eigenvalue weighted by molar-refractivity contribution is 6.33. The molecule has 0 aliphatic heterocycles. The molecule has 1 aromatic rings. The molecule has 1 unspecified atom stereocenters. The van der Waals surface area contributed by atoms with Gasteiger partial charge in [0.2, 0.25) is 0 Å². The largest absolute Gasteiger partial charge is 0.465 e. The van der Waals surface area contributed by atoms with Gasteiger partial charge in [-0.15, -0.1) is 0 Å². The minimum atomic E-state index is -0.408. The number of ether oxygens (including phenoxy) is 1. The molecular formula is C16H24ClNO2. The molecule has 1 atom stereocenters. The van der Waals surface area contributed by atoms with E-state index in [1.54, 1.807) is 12.1 Å². The summed E-state index contributed by atoms with van der Waals surface area (Å²) in [5, 5.41) is 3.81. The number of nitrogens with one attached hydrogen (secondary N) is 1. The first-order chi connectivity index (χ1) is 9.58. The molecule has 20 heavy (non-hydrogen) atoms. The van der Waals surface area contributed by atoms with E-state index in [4.69, 9.17) is 16.3 Å². The Morgan fingerprint density at radius 3 is 2.75 bits per heavy atom. The van der Waals surface area contributed by atoms with Gasteiger partial charge in [-0.2, -0.15) is 0 Å². The van der Waals surface area contributed by atoms with Crippen LogP contribution in [0.2, 0.25) is 5.02 Å². The van der Waals surface area contributed by atoms with Crippen molar-refractivity contribution in [2.45, 2.75) is 52.0 Å². The average molecular weight is 298 g/mol. The van der Waals surface area contributed by atoms with Gasteiger partial charge in [-0.3, -0.25) is 0 Å². The number of halogens is 1. The lowest BCUT2D eigenvalue weighted by atomic mass is 10.1. The molecule has 1 aromatic carbocycles. The van der Waals surface area contributed by atoms with Crippen molar-refractivity contribution in [2.75, 3.05) is 12.4 Å². The highest BCUT2D eigenvalue weighted by atomic mass is 35.5. The molecule has 112 valence electrons. The summed E-state index contributed by atoms with van der Waals surface area (Å²) in [6, 6.07) is 5.73. The number of rotatable bonds is 8. The molecule has 0 heterocycles. The maximum Gasteiger partial charge on any atom is 0.339 e. The van der Waals surface area contributed by atoms with Crippen LogP contribution in [0.15, 0.2) is 18.2 Å². The van der Waals surface area contributed by atoms with Crippen LogP contribution in [-0.4, -0.2) is 19.1 Å². The normalized spacial score (nSPS) is 12.0. The van der Waals surface area contributed by atoms with Crippen LogP contribution in [-0.2, 0) is 4.74 Å².